The van der Waals surface area contributed by atoms with Crippen LogP contribution in [0.1, 0.15) is 399 Å². The van der Waals surface area contributed by atoms with Gasteiger partial charge in [-0.25, -0.2) is 0 Å². The minimum Gasteiger partial charge on any atom is -0.466 e. The van der Waals surface area contributed by atoms with Gasteiger partial charge in [0, 0.05) is 12.8 Å². The molecule has 462 valence electrons. The molecule has 0 aliphatic carbocycles. The molecule has 0 fully saturated rings. The van der Waals surface area contributed by atoms with E-state index < -0.39 is 12.1 Å². The molecule has 3 N–H and O–H groups in total. The van der Waals surface area contributed by atoms with E-state index in [2.05, 4.69) is 31.3 Å². The molecule has 0 aliphatic heterocycles. The smallest absolute Gasteiger partial charge is 0.305 e. The van der Waals surface area contributed by atoms with Crippen LogP contribution in [0, 0.1) is 0 Å². The molecule has 2 atom stereocenters. The molecule has 0 aliphatic rings. The largest absolute Gasteiger partial charge is 0.466 e. The molecule has 0 saturated heterocycles. The van der Waals surface area contributed by atoms with Gasteiger partial charge >= 0.3 is 5.97 Å². The van der Waals surface area contributed by atoms with E-state index in [9.17, 15) is 19.8 Å². The van der Waals surface area contributed by atoms with E-state index in [0.717, 1.165) is 44.9 Å². The van der Waals surface area contributed by atoms with Gasteiger partial charge in [0.1, 0.15) is 0 Å². The highest BCUT2D eigenvalue weighted by Crippen LogP contribution is 2.19. The van der Waals surface area contributed by atoms with Gasteiger partial charge in [0.05, 0.1) is 25.4 Å². The number of ether oxygens (including phenoxy) is 1. The number of esters is 1. The Balaban J connectivity index is 3.28. The van der Waals surface area contributed by atoms with Crippen LogP contribution in [0.3, 0.4) is 0 Å². The lowest BCUT2D eigenvalue weighted by molar-refractivity contribution is -0.143. The summed E-state index contributed by atoms with van der Waals surface area (Å²) in [5.41, 5.74) is 0. The Morgan fingerprint density at radius 1 is 0.346 bits per heavy atom. The van der Waals surface area contributed by atoms with Gasteiger partial charge in [0.15, 0.2) is 0 Å². The first-order chi connectivity index (χ1) is 38.5. The Morgan fingerprint density at radius 3 is 0.910 bits per heavy atom. The molecular weight excluding hydrogens is 959 g/mol. The average Bonchev–Trinajstić information content (AvgIpc) is 3.44. The number of allylic oxidation sites excluding steroid dienone is 3. The van der Waals surface area contributed by atoms with E-state index >= 15 is 0 Å². The second kappa shape index (κ2) is 67.8. The van der Waals surface area contributed by atoms with Crippen LogP contribution < -0.4 is 5.32 Å². The molecule has 0 bridgehead atoms. The standard InChI is InChI=1S/C72H139NO5/c1-3-5-7-9-11-13-15-16-17-40-43-46-50-54-58-62-66-72(77)78-67-63-59-55-51-47-44-41-38-36-34-32-30-28-26-24-22-20-18-19-21-23-25-27-29-31-33-35-37-39-42-45-49-53-57-61-65-71(76)73-69(68-74)70(75)64-60-56-52-48-14-12-10-8-6-4-2/h17,40,60,64,69-70,74-75H,3-16,18-39,41-59,61-63,65-68H2,1-2H3,(H,73,76)/b40-17-,64-60+. The highest BCUT2D eigenvalue weighted by Gasteiger charge is 2.18. The van der Waals surface area contributed by atoms with Crippen molar-refractivity contribution >= 4 is 11.9 Å². The highest BCUT2D eigenvalue weighted by molar-refractivity contribution is 5.76. The maximum absolute atomic E-state index is 12.4. The third-order valence-corrected chi connectivity index (χ3v) is 16.7. The number of unbranched alkanes of at least 4 members (excludes halogenated alkanes) is 54. The SMILES string of the molecule is CCCCCCCCC/C=C\CCCCCCCC(=O)OCCCCCCCCCCCCCCCCCCCCCCCCCCCCCCCCCCCCCC(=O)NC(CO)C(O)/C=C/CCCCCCCCCC. The molecule has 0 spiro atoms. The first-order valence-corrected chi connectivity index (χ1v) is 35.6. The van der Waals surface area contributed by atoms with Crippen molar-refractivity contribution in [2.45, 2.75) is 411 Å². The Morgan fingerprint density at radius 2 is 0.603 bits per heavy atom. The molecule has 2 unspecified atom stereocenters. The summed E-state index contributed by atoms with van der Waals surface area (Å²) in [5, 5.41) is 23.0. The van der Waals surface area contributed by atoms with Gasteiger partial charge in [-0.15, -0.1) is 0 Å². The van der Waals surface area contributed by atoms with E-state index in [-0.39, 0.29) is 18.5 Å². The second-order valence-electron chi connectivity index (χ2n) is 24.6. The number of carbonyl (C=O) groups is 2. The average molecular weight is 1100 g/mol. The van der Waals surface area contributed by atoms with E-state index in [1.54, 1.807) is 6.08 Å². The van der Waals surface area contributed by atoms with Crippen LogP contribution in [0.2, 0.25) is 0 Å². The molecule has 0 aromatic heterocycles. The lowest BCUT2D eigenvalue weighted by Crippen LogP contribution is -2.45. The first kappa shape index (κ1) is 76.3. The monoisotopic (exact) mass is 1100 g/mol. The predicted octanol–water partition coefficient (Wildman–Crippen LogP) is 22.9. The molecule has 0 saturated carbocycles. The number of hydrogen-bond acceptors (Lipinski definition) is 5. The summed E-state index contributed by atoms with van der Waals surface area (Å²) in [5.74, 6) is -0.0475. The van der Waals surface area contributed by atoms with Crippen molar-refractivity contribution in [1.29, 1.82) is 0 Å². The van der Waals surface area contributed by atoms with Gasteiger partial charge in [-0.1, -0.05) is 353 Å². The maximum Gasteiger partial charge on any atom is 0.305 e. The van der Waals surface area contributed by atoms with Gasteiger partial charge in [-0.05, 0) is 57.8 Å². The fourth-order valence-corrected chi connectivity index (χ4v) is 11.3. The van der Waals surface area contributed by atoms with Gasteiger partial charge in [0.2, 0.25) is 5.91 Å². The fraction of sp³-hybridized carbons (Fsp3) is 0.917. The van der Waals surface area contributed by atoms with Crippen molar-refractivity contribution in [2.75, 3.05) is 13.2 Å². The summed E-state index contributed by atoms with van der Waals surface area (Å²) >= 11 is 0. The van der Waals surface area contributed by atoms with Gasteiger partial charge in [-0.3, -0.25) is 9.59 Å². The number of aliphatic hydroxyl groups excluding tert-OH is 2. The zero-order valence-corrected chi connectivity index (χ0v) is 52.9. The van der Waals surface area contributed by atoms with Crippen molar-refractivity contribution in [2.24, 2.45) is 0 Å². The number of rotatable bonds is 67. The number of aliphatic hydroxyl groups is 2. The van der Waals surface area contributed by atoms with Crippen molar-refractivity contribution in [3.8, 4) is 0 Å². The number of amides is 1. The van der Waals surface area contributed by atoms with E-state index in [1.807, 2.05) is 6.08 Å². The van der Waals surface area contributed by atoms with Crippen LogP contribution in [0.4, 0.5) is 0 Å². The Hall–Kier alpha value is -1.66. The maximum atomic E-state index is 12.4. The molecule has 6 nitrogen and oxygen atoms in total. The van der Waals surface area contributed by atoms with Gasteiger partial charge in [0.25, 0.3) is 0 Å². The van der Waals surface area contributed by atoms with Crippen molar-refractivity contribution < 1.29 is 24.5 Å². The molecule has 78 heavy (non-hydrogen) atoms. The normalized spacial score (nSPS) is 12.6. The first-order valence-electron chi connectivity index (χ1n) is 35.6. The van der Waals surface area contributed by atoms with Crippen LogP contribution in [0.5, 0.6) is 0 Å². The molecule has 0 heterocycles. The van der Waals surface area contributed by atoms with E-state index in [1.165, 1.54) is 327 Å². The van der Waals surface area contributed by atoms with Crippen molar-refractivity contribution in [3.05, 3.63) is 24.3 Å². The van der Waals surface area contributed by atoms with Crippen molar-refractivity contribution in [3.63, 3.8) is 0 Å². The molecule has 6 heteroatoms. The second-order valence-corrected chi connectivity index (χ2v) is 24.6. The summed E-state index contributed by atoms with van der Waals surface area (Å²) in [6.45, 7) is 4.91. The van der Waals surface area contributed by atoms with E-state index in [4.69, 9.17) is 4.74 Å². The topological polar surface area (TPSA) is 95.9 Å². The fourth-order valence-electron chi connectivity index (χ4n) is 11.3. The summed E-state index contributed by atoms with van der Waals surface area (Å²) in [6.07, 6.45) is 85.7. The lowest BCUT2D eigenvalue weighted by Gasteiger charge is -2.20. The van der Waals surface area contributed by atoms with Gasteiger partial charge < -0.3 is 20.3 Å². The van der Waals surface area contributed by atoms with Gasteiger partial charge in [-0.2, -0.15) is 0 Å². The minimum absolute atomic E-state index is 0.0155. The number of hydrogen-bond donors (Lipinski definition) is 3. The Bertz CT molecular complexity index is 1220. The lowest BCUT2D eigenvalue weighted by atomic mass is 10.0. The predicted molar refractivity (Wildman–Crippen MR) is 343 cm³/mol. The van der Waals surface area contributed by atoms with Crippen LogP contribution in [0.25, 0.3) is 0 Å². The van der Waals surface area contributed by atoms with Crippen LogP contribution in [-0.2, 0) is 14.3 Å². The molecule has 0 aromatic rings. The van der Waals surface area contributed by atoms with Crippen LogP contribution >= 0.6 is 0 Å². The number of carbonyl (C=O) groups excluding carboxylic acids is 2. The Kier molecular flexibility index (Phi) is 66.4. The molecule has 0 aromatic carbocycles. The third kappa shape index (κ3) is 63.5. The van der Waals surface area contributed by atoms with E-state index in [0.29, 0.717) is 19.4 Å². The Labute approximate surface area is 488 Å². The van der Waals surface area contributed by atoms with Crippen molar-refractivity contribution in [1.82, 2.24) is 5.32 Å². The summed E-state index contributed by atoms with van der Waals surface area (Å²) in [6, 6.07) is -0.621. The van der Waals surface area contributed by atoms with Crippen LogP contribution in [-0.4, -0.2) is 47.4 Å². The zero-order valence-electron chi connectivity index (χ0n) is 52.9. The molecule has 1 amide bonds. The molecule has 0 radical (unpaired) electrons. The number of nitrogens with one attached hydrogen (secondary N) is 1. The highest BCUT2D eigenvalue weighted by atomic mass is 16.5. The summed E-state index contributed by atoms with van der Waals surface area (Å²) in [4.78, 5) is 24.5. The summed E-state index contributed by atoms with van der Waals surface area (Å²) < 4.78 is 5.50. The summed E-state index contributed by atoms with van der Waals surface area (Å²) in [7, 11) is 0. The minimum atomic E-state index is -0.838. The third-order valence-electron chi connectivity index (χ3n) is 16.7. The zero-order chi connectivity index (χ0) is 56.4. The molecule has 0 rings (SSSR count). The quantitative estimate of drug-likeness (QED) is 0.0320. The van der Waals surface area contributed by atoms with Crippen LogP contribution in [0.15, 0.2) is 24.3 Å². The molecular formula is C72H139NO5.